The highest BCUT2D eigenvalue weighted by Gasteiger charge is 2.30. The summed E-state index contributed by atoms with van der Waals surface area (Å²) in [7, 11) is 1.43. The van der Waals surface area contributed by atoms with Gasteiger partial charge in [0.05, 0.1) is 7.11 Å². The van der Waals surface area contributed by atoms with Crippen molar-refractivity contribution in [3.8, 4) is 0 Å². The van der Waals surface area contributed by atoms with Crippen LogP contribution in [0.2, 0.25) is 0 Å². The average Bonchev–Trinajstić information content (AvgIpc) is 2.78. The zero-order chi connectivity index (χ0) is 11.4. The minimum Gasteiger partial charge on any atom is -0.468 e. The van der Waals surface area contributed by atoms with Gasteiger partial charge in [-0.05, 0) is 18.6 Å². The van der Waals surface area contributed by atoms with E-state index < -0.39 is 0 Å². The van der Waals surface area contributed by atoms with Gasteiger partial charge < -0.3 is 10.1 Å². The Bertz CT molecular complexity index is 355. The minimum atomic E-state index is -0.156. The fraction of sp³-hybridized carbons (Fsp3) is 0.417. The van der Waals surface area contributed by atoms with E-state index in [9.17, 15) is 4.79 Å². The predicted octanol–water partition coefficient (Wildman–Crippen LogP) is 1.68. The average molecular weight is 237 g/mol. The number of carbonyl (C=O) groups is 1. The number of esters is 1. The van der Waals surface area contributed by atoms with Crippen LogP contribution < -0.4 is 5.32 Å². The third-order valence-corrected chi connectivity index (χ3v) is 3.86. The molecule has 1 N–H and O–H groups in total. The van der Waals surface area contributed by atoms with Crippen LogP contribution in [-0.4, -0.2) is 30.9 Å². The van der Waals surface area contributed by atoms with Gasteiger partial charge in [0, 0.05) is 16.7 Å². The topological polar surface area (TPSA) is 38.3 Å². The lowest BCUT2D eigenvalue weighted by molar-refractivity contribution is -0.142. The molecule has 2 rings (SSSR count). The van der Waals surface area contributed by atoms with Crippen LogP contribution in [0.3, 0.4) is 0 Å². The molecule has 0 aromatic heterocycles. The second-order valence-corrected chi connectivity index (χ2v) is 5.15. The van der Waals surface area contributed by atoms with E-state index in [4.69, 9.17) is 4.74 Å². The summed E-state index contributed by atoms with van der Waals surface area (Å²) in [6.45, 7) is 0.860. The maximum Gasteiger partial charge on any atom is 0.322 e. The van der Waals surface area contributed by atoms with E-state index in [-0.39, 0.29) is 12.0 Å². The number of thioether (sulfide) groups is 1. The van der Waals surface area contributed by atoms with Crippen LogP contribution in [0.4, 0.5) is 0 Å². The zero-order valence-electron chi connectivity index (χ0n) is 9.18. The summed E-state index contributed by atoms with van der Waals surface area (Å²) >= 11 is 1.81. The molecule has 0 aliphatic carbocycles. The highest BCUT2D eigenvalue weighted by atomic mass is 32.2. The largest absolute Gasteiger partial charge is 0.468 e. The summed E-state index contributed by atoms with van der Waals surface area (Å²) in [5, 5.41) is 3.63. The van der Waals surface area contributed by atoms with Gasteiger partial charge >= 0.3 is 5.97 Å². The van der Waals surface area contributed by atoms with Crippen molar-refractivity contribution in [1.82, 2.24) is 5.32 Å². The van der Waals surface area contributed by atoms with Gasteiger partial charge in [0.25, 0.3) is 0 Å². The molecular weight excluding hydrogens is 222 g/mol. The Kier molecular flexibility index (Phi) is 3.85. The quantitative estimate of drug-likeness (QED) is 0.812. The monoisotopic (exact) mass is 237 g/mol. The first-order valence-electron chi connectivity index (χ1n) is 5.32. The van der Waals surface area contributed by atoms with Crippen molar-refractivity contribution in [2.45, 2.75) is 22.6 Å². The lowest BCUT2D eigenvalue weighted by atomic mass is 10.2. The van der Waals surface area contributed by atoms with Crippen LogP contribution in [0.5, 0.6) is 0 Å². The summed E-state index contributed by atoms with van der Waals surface area (Å²) < 4.78 is 4.72. The van der Waals surface area contributed by atoms with Gasteiger partial charge in [0.15, 0.2) is 0 Å². The summed E-state index contributed by atoms with van der Waals surface area (Å²) in [6, 6.07) is 10.1. The number of rotatable bonds is 3. The molecule has 4 heteroatoms. The van der Waals surface area contributed by atoms with Gasteiger partial charge in [-0.3, -0.25) is 4.79 Å². The molecule has 1 aliphatic heterocycles. The van der Waals surface area contributed by atoms with Gasteiger partial charge in [-0.1, -0.05) is 18.2 Å². The Morgan fingerprint density at radius 2 is 2.19 bits per heavy atom. The molecule has 1 fully saturated rings. The Balaban J connectivity index is 1.88. The molecule has 0 spiro atoms. The van der Waals surface area contributed by atoms with Gasteiger partial charge in [-0.25, -0.2) is 0 Å². The fourth-order valence-electron chi connectivity index (χ4n) is 1.81. The lowest BCUT2D eigenvalue weighted by Gasteiger charge is -2.08. The first-order chi connectivity index (χ1) is 7.79. The number of hydrogen-bond donors (Lipinski definition) is 1. The third-order valence-electron chi connectivity index (χ3n) is 2.62. The molecule has 1 heterocycles. The van der Waals surface area contributed by atoms with Crippen molar-refractivity contribution in [2.75, 3.05) is 13.7 Å². The Labute approximate surface area is 99.6 Å². The molecule has 2 atom stereocenters. The van der Waals surface area contributed by atoms with Crippen molar-refractivity contribution >= 4 is 17.7 Å². The van der Waals surface area contributed by atoms with E-state index in [0.717, 1.165) is 13.0 Å². The number of nitrogens with one attached hydrogen (secondary N) is 1. The van der Waals surface area contributed by atoms with Crippen molar-refractivity contribution < 1.29 is 9.53 Å². The molecule has 0 unspecified atom stereocenters. The SMILES string of the molecule is COC(=O)[C@@H]1C[C@@H](Sc2ccccc2)CN1. The van der Waals surface area contributed by atoms with E-state index in [1.54, 1.807) is 0 Å². The zero-order valence-corrected chi connectivity index (χ0v) is 10.00. The molecule has 1 aromatic rings. The second kappa shape index (κ2) is 5.37. The molecule has 1 aliphatic rings. The van der Waals surface area contributed by atoms with E-state index >= 15 is 0 Å². The Morgan fingerprint density at radius 1 is 1.44 bits per heavy atom. The Hall–Kier alpha value is -1.00. The molecule has 16 heavy (non-hydrogen) atoms. The third kappa shape index (κ3) is 2.77. The molecule has 86 valence electrons. The van der Waals surface area contributed by atoms with Crippen LogP contribution in [-0.2, 0) is 9.53 Å². The van der Waals surface area contributed by atoms with Crippen LogP contribution in [0.25, 0.3) is 0 Å². The van der Waals surface area contributed by atoms with Crippen LogP contribution in [0.15, 0.2) is 35.2 Å². The molecule has 1 saturated heterocycles. The molecule has 0 radical (unpaired) electrons. The highest BCUT2D eigenvalue weighted by Crippen LogP contribution is 2.28. The van der Waals surface area contributed by atoms with E-state index in [2.05, 4.69) is 17.4 Å². The van der Waals surface area contributed by atoms with Crippen LogP contribution in [0.1, 0.15) is 6.42 Å². The number of carbonyl (C=O) groups excluding carboxylic acids is 1. The van der Waals surface area contributed by atoms with Crippen molar-refractivity contribution in [3.63, 3.8) is 0 Å². The first-order valence-corrected chi connectivity index (χ1v) is 6.20. The first kappa shape index (κ1) is 11.5. The maximum absolute atomic E-state index is 11.3. The standard InChI is InChI=1S/C12H15NO2S/c1-15-12(14)11-7-10(8-13-11)16-9-5-3-2-4-6-9/h2-6,10-11,13H,7-8H2,1H3/t10-,11+/m1/s1. The van der Waals surface area contributed by atoms with Crippen LogP contribution >= 0.6 is 11.8 Å². The Morgan fingerprint density at radius 3 is 2.88 bits per heavy atom. The molecule has 1 aromatic carbocycles. The summed E-state index contributed by atoms with van der Waals surface area (Å²) in [5.41, 5.74) is 0. The smallest absolute Gasteiger partial charge is 0.322 e. The van der Waals surface area contributed by atoms with Gasteiger partial charge in [-0.15, -0.1) is 11.8 Å². The molecular formula is C12H15NO2S. The van der Waals surface area contributed by atoms with Gasteiger partial charge in [0.1, 0.15) is 6.04 Å². The second-order valence-electron chi connectivity index (χ2n) is 3.77. The molecule has 0 bridgehead atoms. The number of ether oxygens (including phenoxy) is 1. The lowest BCUT2D eigenvalue weighted by Crippen LogP contribution is -2.31. The maximum atomic E-state index is 11.3. The minimum absolute atomic E-state index is 0.133. The van der Waals surface area contributed by atoms with Crippen LogP contribution in [0, 0.1) is 0 Å². The summed E-state index contributed by atoms with van der Waals surface area (Å²) in [5.74, 6) is -0.156. The highest BCUT2D eigenvalue weighted by molar-refractivity contribution is 8.00. The predicted molar refractivity (Wildman–Crippen MR) is 64.5 cm³/mol. The van der Waals surface area contributed by atoms with Crippen molar-refractivity contribution in [3.05, 3.63) is 30.3 Å². The van der Waals surface area contributed by atoms with E-state index in [1.807, 2.05) is 30.0 Å². The van der Waals surface area contributed by atoms with Gasteiger partial charge in [0.2, 0.25) is 0 Å². The number of hydrogen-bond acceptors (Lipinski definition) is 4. The van der Waals surface area contributed by atoms with E-state index in [0.29, 0.717) is 5.25 Å². The molecule has 3 nitrogen and oxygen atoms in total. The number of benzene rings is 1. The van der Waals surface area contributed by atoms with Crippen molar-refractivity contribution in [2.24, 2.45) is 0 Å². The van der Waals surface area contributed by atoms with E-state index in [1.165, 1.54) is 12.0 Å². The summed E-state index contributed by atoms with van der Waals surface area (Å²) in [4.78, 5) is 12.6. The summed E-state index contributed by atoms with van der Waals surface area (Å²) in [6.07, 6.45) is 0.840. The normalized spacial score (nSPS) is 24.3. The fourth-order valence-corrected chi connectivity index (χ4v) is 2.97. The number of methoxy groups -OCH3 is 1. The van der Waals surface area contributed by atoms with Crippen molar-refractivity contribution in [1.29, 1.82) is 0 Å². The molecule has 0 amide bonds. The van der Waals surface area contributed by atoms with Gasteiger partial charge in [-0.2, -0.15) is 0 Å². The molecule has 0 saturated carbocycles.